The lowest BCUT2D eigenvalue weighted by atomic mass is 9.89. The van der Waals surface area contributed by atoms with Crippen LogP contribution in [0.4, 0.5) is 0 Å². The Kier molecular flexibility index (Phi) is 8.79. The fourth-order valence-corrected chi connectivity index (χ4v) is 8.66. The molecule has 0 saturated carbocycles. The van der Waals surface area contributed by atoms with Gasteiger partial charge < -0.3 is 4.57 Å². The minimum Gasteiger partial charge on any atom is -0.309 e. The monoisotopic (exact) mass is 766 g/mol. The molecule has 0 bridgehead atoms. The van der Waals surface area contributed by atoms with Gasteiger partial charge in [0.05, 0.1) is 11.0 Å². The summed E-state index contributed by atoms with van der Waals surface area (Å²) < 4.78 is 4.53. The Balaban J connectivity index is 0.973. The molecule has 0 radical (unpaired) electrons. The SMILES string of the molecule is c1ccc(-c2ccc(-n3c4ccccc4c4cc(-c5ccccc5-c5ccccc5-c5ccc(-c6nnc(-c7ccccc7)n6-c6ccccc6)cc5)ccc43)cc2)cc1. The zero-order chi connectivity index (χ0) is 39.8. The van der Waals surface area contributed by atoms with Crippen LogP contribution in [0.3, 0.4) is 0 Å². The highest BCUT2D eigenvalue weighted by molar-refractivity contribution is 6.11. The van der Waals surface area contributed by atoms with Crippen LogP contribution in [0.15, 0.2) is 231 Å². The second kappa shape index (κ2) is 15.0. The first kappa shape index (κ1) is 35.1. The van der Waals surface area contributed by atoms with E-state index in [1.807, 2.05) is 36.4 Å². The maximum atomic E-state index is 4.74. The minimum absolute atomic E-state index is 0.797. The summed E-state index contributed by atoms with van der Waals surface area (Å²) in [5, 5.41) is 11.9. The van der Waals surface area contributed by atoms with E-state index in [0.29, 0.717) is 0 Å². The van der Waals surface area contributed by atoms with Gasteiger partial charge in [-0.1, -0.05) is 188 Å². The van der Waals surface area contributed by atoms with Crippen molar-refractivity contribution in [1.29, 1.82) is 0 Å². The largest absolute Gasteiger partial charge is 0.309 e. The predicted octanol–water partition coefficient (Wildman–Crippen LogP) is 14.4. The van der Waals surface area contributed by atoms with Crippen LogP contribution >= 0.6 is 0 Å². The van der Waals surface area contributed by atoms with Gasteiger partial charge in [0.15, 0.2) is 11.6 Å². The van der Waals surface area contributed by atoms with Crippen molar-refractivity contribution in [3.63, 3.8) is 0 Å². The third-order valence-corrected chi connectivity index (χ3v) is 11.5. The molecule has 0 atom stereocenters. The molecule has 0 amide bonds. The Morgan fingerprint density at radius 2 is 0.667 bits per heavy atom. The highest BCUT2D eigenvalue weighted by Crippen LogP contribution is 2.41. The van der Waals surface area contributed by atoms with Crippen molar-refractivity contribution >= 4 is 21.8 Å². The lowest BCUT2D eigenvalue weighted by molar-refractivity contribution is 1.07. The Morgan fingerprint density at radius 3 is 1.32 bits per heavy atom. The van der Waals surface area contributed by atoms with Crippen LogP contribution in [0.25, 0.3) is 100 Å². The average Bonchev–Trinajstić information content (AvgIpc) is 3.93. The van der Waals surface area contributed by atoms with Crippen molar-refractivity contribution in [3.8, 4) is 78.7 Å². The van der Waals surface area contributed by atoms with Gasteiger partial charge in [0, 0.05) is 33.3 Å². The van der Waals surface area contributed by atoms with E-state index in [-0.39, 0.29) is 0 Å². The molecule has 60 heavy (non-hydrogen) atoms. The second-order valence-corrected chi connectivity index (χ2v) is 15.1. The van der Waals surface area contributed by atoms with Crippen LogP contribution in [0, 0.1) is 0 Å². The normalized spacial score (nSPS) is 11.3. The first-order valence-corrected chi connectivity index (χ1v) is 20.3. The molecule has 0 N–H and O–H groups in total. The van der Waals surface area contributed by atoms with E-state index in [4.69, 9.17) is 5.10 Å². The number of rotatable bonds is 8. The molecule has 0 saturated heterocycles. The van der Waals surface area contributed by atoms with E-state index in [9.17, 15) is 0 Å². The van der Waals surface area contributed by atoms with Crippen molar-refractivity contribution < 1.29 is 0 Å². The van der Waals surface area contributed by atoms with Crippen molar-refractivity contribution in [2.45, 2.75) is 0 Å². The van der Waals surface area contributed by atoms with Gasteiger partial charge in [0.25, 0.3) is 0 Å². The molecule has 11 rings (SSSR count). The van der Waals surface area contributed by atoms with Gasteiger partial charge in [0.1, 0.15) is 0 Å². The lowest BCUT2D eigenvalue weighted by Gasteiger charge is -2.16. The van der Waals surface area contributed by atoms with Crippen molar-refractivity contribution in [2.75, 3.05) is 0 Å². The molecule has 4 heteroatoms. The summed E-state index contributed by atoms with van der Waals surface area (Å²) in [7, 11) is 0. The van der Waals surface area contributed by atoms with Crippen LogP contribution in [-0.4, -0.2) is 19.3 Å². The van der Waals surface area contributed by atoms with E-state index in [0.717, 1.165) is 39.7 Å². The first-order chi connectivity index (χ1) is 29.8. The van der Waals surface area contributed by atoms with Gasteiger partial charge in [-0.2, -0.15) is 0 Å². The zero-order valence-corrected chi connectivity index (χ0v) is 32.7. The molecule has 0 fully saturated rings. The van der Waals surface area contributed by atoms with Gasteiger partial charge in [-0.3, -0.25) is 4.57 Å². The third-order valence-electron chi connectivity index (χ3n) is 11.5. The first-order valence-electron chi connectivity index (χ1n) is 20.3. The summed E-state index contributed by atoms with van der Waals surface area (Å²) in [5.41, 5.74) is 16.0. The summed E-state index contributed by atoms with van der Waals surface area (Å²) >= 11 is 0. The van der Waals surface area contributed by atoms with Crippen molar-refractivity contribution in [3.05, 3.63) is 231 Å². The fourth-order valence-electron chi connectivity index (χ4n) is 8.66. The molecule has 0 spiro atoms. The molecule has 4 nitrogen and oxygen atoms in total. The minimum atomic E-state index is 0.797. The van der Waals surface area contributed by atoms with Crippen molar-refractivity contribution in [1.82, 2.24) is 19.3 Å². The number of nitrogens with zero attached hydrogens (tertiary/aromatic N) is 4. The van der Waals surface area contributed by atoms with Crippen molar-refractivity contribution in [2.24, 2.45) is 0 Å². The maximum absolute atomic E-state index is 4.74. The van der Waals surface area contributed by atoms with E-state index in [1.54, 1.807) is 0 Å². The molecule has 11 aromatic rings. The molecule has 2 heterocycles. The summed E-state index contributed by atoms with van der Waals surface area (Å²) in [6, 6.07) is 82.0. The second-order valence-electron chi connectivity index (χ2n) is 15.1. The van der Waals surface area contributed by atoms with Gasteiger partial charge in [-0.15, -0.1) is 10.2 Å². The Morgan fingerprint density at radius 1 is 0.250 bits per heavy atom. The quantitative estimate of drug-likeness (QED) is 0.154. The van der Waals surface area contributed by atoms with E-state index >= 15 is 0 Å². The molecule has 0 aliphatic carbocycles. The number of aromatic nitrogens is 4. The van der Waals surface area contributed by atoms with Crippen LogP contribution in [0.5, 0.6) is 0 Å². The molecule has 0 aliphatic heterocycles. The Hall–Kier alpha value is -8.08. The Bertz CT molecular complexity index is 3270. The van der Waals surface area contributed by atoms with Crippen LogP contribution < -0.4 is 0 Å². The molecular weight excluding hydrogens is 729 g/mol. The maximum Gasteiger partial charge on any atom is 0.168 e. The standard InChI is InChI=1S/C56H38N4/c1-4-16-39(17-5-1)40-32-35-46(36-33-40)59-53-27-15-14-26-51(53)52-38-44(34-37-54(52)59)48-23-11-13-25-50(48)49-24-12-10-22-47(49)41-28-30-43(31-29-41)56-58-57-55(42-18-6-2-7-19-42)60(56)45-20-8-3-9-21-45/h1-38H. The van der Waals surface area contributed by atoms with Gasteiger partial charge in [0.2, 0.25) is 0 Å². The number of para-hydroxylation sites is 2. The van der Waals surface area contributed by atoms with E-state index in [2.05, 4.69) is 208 Å². The van der Waals surface area contributed by atoms with Gasteiger partial charge in [-0.25, -0.2) is 0 Å². The average molecular weight is 767 g/mol. The predicted molar refractivity (Wildman–Crippen MR) is 248 cm³/mol. The summed E-state index contributed by atoms with van der Waals surface area (Å²) in [6.07, 6.45) is 0. The molecule has 0 aliphatic rings. The smallest absolute Gasteiger partial charge is 0.168 e. The van der Waals surface area contributed by atoms with Gasteiger partial charge in [-0.05, 0) is 87.0 Å². The fraction of sp³-hybridized carbons (Fsp3) is 0. The number of hydrogen-bond donors (Lipinski definition) is 0. The van der Waals surface area contributed by atoms with Crippen LogP contribution in [0.1, 0.15) is 0 Å². The molecule has 282 valence electrons. The highest BCUT2D eigenvalue weighted by Gasteiger charge is 2.19. The third kappa shape index (κ3) is 6.19. The number of benzene rings is 9. The topological polar surface area (TPSA) is 35.6 Å². The zero-order valence-electron chi connectivity index (χ0n) is 32.7. The molecule has 2 aromatic heterocycles. The summed E-state index contributed by atoms with van der Waals surface area (Å²) in [6.45, 7) is 0. The summed E-state index contributed by atoms with van der Waals surface area (Å²) in [5.74, 6) is 1.61. The van der Waals surface area contributed by atoms with Crippen LogP contribution in [0.2, 0.25) is 0 Å². The van der Waals surface area contributed by atoms with E-state index < -0.39 is 0 Å². The van der Waals surface area contributed by atoms with E-state index in [1.165, 1.54) is 60.8 Å². The highest BCUT2D eigenvalue weighted by atomic mass is 15.3. The number of hydrogen-bond acceptors (Lipinski definition) is 2. The summed E-state index contributed by atoms with van der Waals surface area (Å²) in [4.78, 5) is 0. The lowest BCUT2D eigenvalue weighted by Crippen LogP contribution is -2.00. The molecule has 9 aromatic carbocycles. The Labute approximate surface area is 348 Å². The van der Waals surface area contributed by atoms with Crippen LogP contribution in [-0.2, 0) is 0 Å². The van der Waals surface area contributed by atoms with Gasteiger partial charge >= 0.3 is 0 Å². The number of fused-ring (bicyclic) bond motifs is 3. The molecule has 0 unspecified atom stereocenters. The molecular formula is C56H38N4.